The number of nitrogens with one attached hydrogen (secondary N) is 1. The molecule has 0 radical (unpaired) electrons. The number of carboxylic acid groups (broad SMARTS) is 1. The molecule has 0 aliphatic rings. The number of nitriles is 1. The van der Waals surface area contributed by atoms with E-state index in [0.717, 1.165) is 5.56 Å². The van der Waals surface area contributed by atoms with Crippen molar-refractivity contribution in [3.63, 3.8) is 0 Å². The van der Waals surface area contributed by atoms with Gasteiger partial charge in [0.05, 0.1) is 38.2 Å². The largest absolute Gasteiger partial charge is 0.493 e. The predicted octanol–water partition coefficient (Wildman–Crippen LogP) is 6.13. The number of nitrogens with zero attached hydrogens (tertiary/aromatic N) is 2. The SMILES string of the molecule is COc1cc(-c2cc(-c3ccccc3)nc(SCCC(=O)Nc3cccc(C(=O)O)c3)c2C#N)cc(OC)c1OC. The molecule has 2 N–H and O–H groups in total. The lowest BCUT2D eigenvalue weighted by Crippen LogP contribution is -2.12. The van der Waals surface area contributed by atoms with Crippen LogP contribution in [0.4, 0.5) is 5.69 Å². The van der Waals surface area contributed by atoms with Gasteiger partial charge in [0.2, 0.25) is 11.7 Å². The lowest BCUT2D eigenvalue weighted by Gasteiger charge is -2.16. The standard InChI is InChI=1S/C31H27N3O6S/c1-38-26-15-21(16-27(39-2)29(26)40-3)23-17-25(19-8-5-4-6-9-19)34-30(24(23)18-32)41-13-12-28(35)33-22-11-7-10-20(14-22)31(36)37/h4-11,14-17H,12-13H2,1-3H3,(H,33,35)(H,36,37). The van der Waals surface area contributed by atoms with E-state index in [1.54, 1.807) is 24.3 Å². The quantitative estimate of drug-likeness (QED) is 0.205. The van der Waals surface area contributed by atoms with Crippen molar-refractivity contribution in [3.8, 4) is 45.7 Å². The fraction of sp³-hybridized carbons (Fsp3) is 0.161. The minimum absolute atomic E-state index is 0.0806. The predicted molar refractivity (Wildman–Crippen MR) is 157 cm³/mol. The van der Waals surface area contributed by atoms with Crippen LogP contribution in [0.15, 0.2) is 77.8 Å². The molecule has 0 aliphatic carbocycles. The van der Waals surface area contributed by atoms with Crippen molar-refractivity contribution in [3.05, 3.63) is 83.9 Å². The maximum absolute atomic E-state index is 12.6. The molecule has 1 amide bonds. The number of benzene rings is 3. The van der Waals surface area contributed by atoms with Crippen molar-refractivity contribution >= 4 is 29.3 Å². The molecule has 0 bridgehead atoms. The Balaban J connectivity index is 1.67. The van der Waals surface area contributed by atoms with Gasteiger partial charge >= 0.3 is 5.97 Å². The van der Waals surface area contributed by atoms with Gasteiger partial charge in [-0.2, -0.15) is 5.26 Å². The highest BCUT2D eigenvalue weighted by Crippen LogP contribution is 2.43. The second-order valence-corrected chi connectivity index (χ2v) is 9.74. The lowest BCUT2D eigenvalue weighted by atomic mass is 9.98. The summed E-state index contributed by atoms with van der Waals surface area (Å²) in [6.45, 7) is 0. The molecule has 10 heteroatoms. The average Bonchev–Trinajstić information content (AvgIpc) is 3.00. The molecule has 41 heavy (non-hydrogen) atoms. The van der Waals surface area contributed by atoms with Gasteiger partial charge in [-0.15, -0.1) is 11.8 Å². The molecular weight excluding hydrogens is 542 g/mol. The number of pyridine rings is 1. The zero-order chi connectivity index (χ0) is 29.4. The molecule has 3 aromatic carbocycles. The summed E-state index contributed by atoms with van der Waals surface area (Å²) in [5.41, 5.74) is 3.64. The van der Waals surface area contributed by atoms with Crippen LogP contribution in [0.25, 0.3) is 22.4 Å². The number of hydrogen-bond acceptors (Lipinski definition) is 8. The second-order valence-electron chi connectivity index (χ2n) is 8.66. The number of carbonyl (C=O) groups is 2. The van der Waals surface area contributed by atoms with Crippen LogP contribution in [0.1, 0.15) is 22.3 Å². The van der Waals surface area contributed by atoms with Gasteiger partial charge in [0.25, 0.3) is 0 Å². The molecule has 1 heterocycles. The van der Waals surface area contributed by atoms with Gasteiger partial charge in [-0.3, -0.25) is 4.79 Å². The first-order chi connectivity index (χ1) is 19.9. The minimum Gasteiger partial charge on any atom is -0.493 e. The Labute approximate surface area is 241 Å². The first-order valence-electron chi connectivity index (χ1n) is 12.5. The zero-order valence-electron chi connectivity index (χ0n) is 22.6. The summed E-state index contributed by atoms with van der Waals surface area (Å²) >= 11 is 1.29. The number of thioether (sulfide) groups is 1. The minimum atomic E-state index is -1.08. The molecule has 208 valence electrons. The Hall–Kier alpha value is -5.01. The molecule has 0 aliphatic heterocycles. The number of ether oxygens (including phenoxy) is 3. The van der Waals surface area contributed by atoms with Crippen LogP contribution in [0.3, 0.4) is 0 Å². The van der Waals surface area contributed by atoms with Crippen LogP contribution < -0.4 is 19.5 Å². The Morgan fingerprint density at radius 2 is 1.63 bits per heavy atom. The third kappa shape index (κ3) is 6.77. The van der Waals surface area contributed by atoms with E-state index in [9.17, 15) is 20.0 Å². The van der Waals surface area contributed by atoms with Gasteiger partial charge in [-0.1, -0.05) is 36.4 Å². The van der Waals surface area contributed by atoms with Gasteiger partial charge in [0, 0.05) is 29.0 Å². The third-order valence-electron chi connectivity index (χ3n) is 6.10. The average molecular weight is 570 g/mol. The highest BCUT2D eigenvalue weighted by Gasteiger charge is 2.20. The van der Waals surface area contributed by atoms with Crippen LogP contribution in [-0.2, 0) is 4.79 Å². The number of aromatic nitrogens is 1. The number of amides is 1. The zero-order valence-corrected chi connectivity index (χ0v) is 23.5. The van der Waals surface area contributed by atoms with Gasteiger partial charge in [-0.25, -0.2) is 9.78 Å². The molecule has 0 unspecified atom stereocenters. The smallest absolute Gasteiger partial charge is 0.335 e. The number of methoxy groups -OCH3 is 3. The second kappa shape index (κ2) is 13.4. The highest BCUT2D eigenvalue weighted by molar-refractivity contribution is 7.99. The maximum atomic E-state index is 12.6. The van der Waals surface area contributed by atoms with E-state index >= 15 is 0 Å². The van der Waals surface area contributed by atoms with E-state index in [-0.39, 0.29) is 17.9 Å². The maximum Gasteiger partial charge on any atom is 0.335 e. The summed E-state index contributed by atoms with van der Waals surface area (Å²) < 4.78 is 16.5. The molecule has 1 aromatic heterocycles. The van der Waals surface area contributed by atoms with Gasteiger partial charge < -0.3 is 24.6 Å². The van der Waals surface area contributed by atoms with Gasteiger partial charge in [0.15, 0.2) is 11.5 Å². The van der Waals surface area contributed by atoms with E-state index in [2.05, 4.69) is 11.4 Å². The number of rotatable bonds is 11. The molecule has 0 atom stereocenters. The Bertz CT molecular complexity index is 1590. The molecule has 0 saturated heterocycles. The van der Waals surface area contributed by atoms with E-state index in [4.69, 9.17) is 19.2 Å². The topological polar surface area (TPSA) is 131 Å². The number of carbonyl (C=O) groups excluding carboxylic acids is 1. The molecule has 0 saturated carbocycles. The molecule has 0 spiro atoms. The Kier molecular flexibility index (Phi) is 9.45. The summed E-state index contributed by atoms with van der Waals surface area (Å²) in [6, 6.07) is 23.3. The van der Waals surface area contributed by atoms with Gasteiger partial charge in [0.1, 0.15) is 11.1 Å². The summed E-state index contributed by atoms with van der Waals surface area (Å²) in [5, 5.41) is 22.6. The fourth-order valence-corrected chi connectivity index (χ4v) is 5.09. The number of hydrogen-bond donors (Lipinski definition) is 2. The summed E-state index contributed by atoms with van der Waals surface area (Å²) in [6.07, 6.45) is 0.115. The number of anilines is 1. The first kappa shape index (κ1) is 29.0. The van der Waals surface area contributed by atoms with Crippen molar-refractivity contribution in [1.82, 2.24) is 4.98 Å². The van der Waals surface area contributed by atoms with Crippen LogP contribution in [0.5, 0.6) is 17.2 Å². The van der Waals surface area contributed by atoms with Crippen molar-refractivity contribution in [1.29, 1.82) is 5.26 Å². The molecule has 4 rings (SSSR count). The third-order valence-corrected chi connectivity index (χ3v) is 7.08. The van der Waals surface area contributed by atoms with Crippen LogP contribution in [-0.4, -0.2) is 49.0 Å². The monoisotopic (exact) mass is 569 g/mol. The number of aromatic carboxylic acids is 1. The van der Waals surface area contributed by atoms with Crippen LogP contribution in [0.2, 0.25) is 0 Å². The van der Waals surface area contributed by atoms with Gasteiger partial charge in [-0.05, 0) is 42.0 Å². The molecular formula is C31H27N3O6S. The van der Waals surface area contributed by atoms with E-state index in [0.29, 0.717) is 56.1 Å². The van der Waals surface area contributed by atoms with Crippen molar-refractivity contribution in [2.24, 2.45) is 0 Å². The summed E-state index contributed by atoms with van der Waals surface area (Å²) in [4.78, 5) is 28.6. The highest BCUT2D eigenvalue weighted by atomic mass is 32.2. The summed E-state index contributed by atoms with van der Waals surface area (Å²) in [7, 11) is 4.57. The van der Waals surface area contributed by atoms with Crippen LogP contribution >= 0.6 is 11.8 Å². The van der Waals surface area contributed by atoms with Crippen molar-refractivity contribution in [2.45, 2.75) is 11.4 Å². The normalized spacial score (nSPS) is 10.4. The Morgan fingerprint density at radius 1 is 0.927 bits per heavy atom. The fourth-order valence-electron chi connectivity index (χ4n) is 4.15. The molecule has 0 fully saturated rings. The van der Waals surface area contributed by atoms with Crippen molar-refractivity contribution < 1.29 is 28.9 Å². The van der Waals surface area contributed by atoms with Crippen molar-refractivity contribution in [2.75, 3.05) is 32.4 Å². The van der Waals surface area contributed by atoms with E-state index in [1.165, 1.54) is 45.2 Å². The Morgan fingerprint density at radius 3 is 2.24 bits per heavy atom. The van der Waals surface area contributed by atoms with Crippen LogP contribution in [0, 0.1) is 11.3 Å². The number of carboxylic acids is 1. The molecule has 9 nitrogen and oxygen atoms in total. The van der Waals surface area contributed by atoms with E-state index in [1.807, 2.05) is 36.4 Å². The lowest BCUT2D eigenvalue weighted by molar-refractivity contribution is -0.115. The summed E-state index contributed by atoms with van der Waals surface area (Å²) in [5.74, 6) is 0.294. The first-order valence-corrected chi connectivity index (χ1v) is 13.4. The van der Waals surface area contributed by atoms with E-state index < -0.39 is 5.97 Å². The molecule has 4 aromatic rings.